The van der Waals surface area contributed by atoms with E-state index < -0.39 is 6.04 Å². The molecule has 1 unspecified atom stereocenters. The number of aryl methyl sites for hydroxylation is 2. The first-order valence-electron chi connectivity index (χ1n) is 12.8. The van der Waals surface area contributed by atoms with Gasteiger partial charge in [-0.3, -0.25) is 14.5 Å². The summed E-state index contributed by atoms with van der Waals surface area (Å²) in [6.07, 6.45) is 4.57. The van der Waals surface area contributed by atoms with E-state index in [9.17, 15) is 9.59 Å². The first-order chi connectivity index (χ1) is 17.9. The van der Waals surface area contributed by atoms with Gasteiger partial charge in [0.05, 0.1) is 23.6 Å². The van der Waals surface area contributed by atoms with Crippen LogP contribution in [0.3, 0.4) is 0 Å². The number of anilines is 1. The quantitative estimate of drug-likeness (QED) is 0.206. The Hall–Kier alpha value is -3.38. The van der Waals surface area contributed by atoms with Crippen molar-refractivity contribution in [2.24, 2.45) is 0 Å². The molecule has 2 heterocycles. The van der Waals surface area contributed by atoms with Crippen molar-refractivity contribution < 1.29 is 13.9 Å². The number of carbonyl (C=O) groups excluding carboxylic acids is 1. The highest BCUT2D eigenvalue weighted by Crippen LogP contribution is 2.42. The number of unbranched alkanes of at least 4 members (excludes halogenated alkanes) is 3. The van der Waals surface area contributed by atoms with E-state index in [2.05, 4.69) is 22.9 Å². The highest BCUT2D eigenvalue weighted by Gasteiger charge is 2.43. The minimum atomic E-state index is -0.608. The van der Waals surface area contributed by atoms with E-state index in [4.69, 9.17) is 9.15 Å². The molecule has 4 aromatic rings. The number of hydrogen-bond acceptors (Lipinski definition) is 4. The van der Waals surface area contributed by atoms with Gasteiger partial charge >= 0.3 is 0 Å². The van der Waals surface area contributed by atoms with Crippen molar-refractivity contribution in [3.8, 4) is 5.75 Å². The zero-order valence-electron chi connectivity index (χ0n) is 21.3. The van der Waals surface area contributed by atoms with Gasteiger partial charge in [0.25, 0.3) is 5.91 Å². The van der Waals surface area contributed by atoms with Gasteiger partial charge in [-0.05, 0) is 79.4 Å². The van der Waals surface area contributed by atoms with Crippen LogP contribution in [0, 0.1) is 13.8 Å². The predicted octanol–water partition coefficient (Wildman–Crippen LogP) is 7.88. The molecule has 3 aromatic carbocycles. The third-order valence-electron chi connectivity index (χ3n) is 7.06. The molecule has 1 atom stereocenters. The van der Waals surface area contributed by atoms with E-state index >= 15 is 0 Å². The average molecular weight is 560 g/mol. The molecule has 0 saturated carbocycles. The number of amides is 1. The van der Waals surface area contributed by atoms with E-state index in [0.29, 0.717) is 23.1 Å². The number of ether oxygens (including phenoxy) is 1. The molecule has 0 fully saturated rings. The highest BCUT2D eigenvalue weighted by molar-refractivity contribution is 9.10. The number of halogens is 1. The molecule has 6 heteroatoms. The molecule has 37 heavy (non-hydrogen) atoms. The Morgan fingerprint density at radius 2 is 1.70 bits per heavy atom. The van der Waals surface area contributed by atoms with Gasteiger partial charge in [0.1, 0.15) is 11.3 Å². The molecule has 1 aliphatic heterocycles. The summed E-state index contributed by atoms with van der Waals surface area (Å²) in [5.74, 6) is 0.553. The second kappa shape index (κ2) is 10.5. The molecular formula is C31H30BrNO4. The number of nitrogens with zero attached hydrogens (tertiary/aromatic N) is 1. The van der Waals surface area contributed by atoms with Crippen LogP contribution in [-0.4, -0.2) is 12.5 Å². The van der Waals surface area contributed by atoms with Gasteiger partial charge < -0.3 is 9.15 Å². The van der Waals surface area contributed by atoms with E-state index in [1.807, 2.05) is 56.3 Å². The van der Waals surface area contributed by atoms with Gasteiger partial charge in [0, 0.05) is 10.2 Å². The third kappa shape index (κ3) is 4.82. The lowest BCUT2D eigenvalue weighted by Crippen LogP contribution is -2.29. The molecule has 0 radical (unpaired) electrons. The summed E-state index contributed by atoms with van der Waals surface area (Å²) in [7, 11) is 0. The van der Waals surface area contributed by atoms with Crippen LogP contribution >= 0.6 is 15.9 Å². The molecule has 0 spiro atoms. The number of fused-ring (bicyclic) bond motifs is 2. The van der Waals surface area contributed by atoms with Gasteiger partial charge in [-0.15, -0.1) is 0 Å². The van der Waals surface area contributed by atoms with Crippen molar-refractivity contribution in [3.63, 3.8) is 0 Å². The Labute approximate surface area is 225 Å². The van der Waals surface area contributed by atoms with Crippen molar-refractivity contribution in [2.75, 3.05) is 11.5 Å². The molecular weight excluding hydrogens is 530 g/mol. The lowest BCUT2D eigenvalue weighted by atomic mass is 9.98. The number of carbonyl (C=O) groups is 1. The van der Waals surface area contributed by atoms with Crippen molar-refractivity contribution in [1.82, 2.24) is 0 Å². The number of benzene rings is 3. The van der Waals surface area contributed by atoms with Crippen molar-refractivity contribution >= 4 is 38.5 Å². The summed E-state index contributed by atoms with van der Waals surface area (Å²) in [4.78, 5) is 29.3. The second-order valence-corrected chi connectivity index (χ2v) is 10.6. The Balaban J connectivity index is 1.59. The first-order valence-corrected chi connectivity index (χ1v) is 13.6. The van der Waals surface area contributed by atoms with Crippen molar-refractivity contribution in [3.05, 3.63) is 103 Å². The molecule has 0 saturated heterocycles. The normalized spacial score (nSPS) is 14.9. The lowest BCUT2D eigenvalue weighted by Gasteiger charge is -2.26. The van der Waals surface area contributed by atoms with Crippen LogP contribution in [0.4, 0.5) is 5.69 Å². The van der Waals surface area contributed by atoms with Crippen molar-refractivity contribution in [2.45, 2.75) is 52.5 Å². The largest absolute Gasteiger partial charge is 0.494 e. The topological polar surface area (TPSA) is 59.8 Å². The maximum absolute atomic E-state index is 13.8. The molecule has 190 valence electrons. The molecule has 5 rings (SSSR count). The molecule has 1 aromatic heterocycles. The second-order valence-electron chi connectivity index (χ2n) is 9.64. The van der Waals surface area contributed by atoms with Gasteiger partial charge in [-0.1, -0.05) is 60.3 Å². The number of hydrogen-bond donors (Lipinski definition) is 0. The smallest absolute Gasteiger partial charge is 0.295 e. The average Bonchev–Trinajstić information content (AvgIpc) is 3.19. The Morgan fingerprint density at radius 1 is 0.919 bits per heavy atom. The zero-order chi connectivity index (χ0) is 26.1. The molecule has 0 bridgehead atoms. The molecule has 1 aliphatic rings. The highest BCUT2D eigenvalue weighted by atomic mass is 79.9. The summed E-state index contributed by atoms with van der Waals surface area (Å²) in [6, 6.07) is 18.3. The van der Waals surface area contributed by atoms with Crippen LogP contribution in [0.15, 0.2) is 74.3 Å². The zero-order valence-corrected chi connectivity index (χ0v) is 22.9. The van der Waals surface area contributed by atoms with E-state index in [1.165, 1.54) is 12.8 Å². The summed E-state index contributed by atoms with van der Waals surface area (Å²) in [5.41, 5.74) is 4.32. The summed E-state index contributed by atoms with van der Waals surface area (Å²) in [6.45, 7) is 6.91. The molecule has 0 aliphatic carbocycles. The lowest BCUT2D eigenvalue weighted by molar-refractivity contribution is 0.0971. The van der Waals surface area contributed by atoms with Crippen LogP contribution < -0.4 is 15.1 Å². The maximum atomic E-state index is 13.8. The summed E-state index contributed by atoms with van der Waals surface area (Å²) in [5, 5.41) is 0.444. The summed E-state index contributed by atoms with van der Waals surface area (Å²) < 4.78 is 12.8. The molecule has 1 amide bonds. The van der Waals surface area contributed by atoms with Gasteiger partial charge in [0.2, 0.25) is 5.76 Å². The SMILES string of the molecule is CCCCCCOc1ccc(C2c3c(oc4ccc(Br)cc4c3=O)C(=O)N2c2ccc(C)c(C)c2)cc1. The van der Waals surface area contributed by atoms with E-state index in [1.54, 1.807) is 23.1 Å². The van der Waals surface area contributed by atoms with Crippen LogP contribution in [0.1, 0.15) is 71.5 Å². The fraction of sp³-hybridized carbons (Fsp3) is 0.290. The fourth-order valence-electron chi connectivity index (χ4n) is 4.87. The van der Waals surface area contributed by atoms with Gasteiger partial charge in [0.15, 0.2) is 5.43 Å². The Morgan fingerprint density at radius 3 is 2.43 bits per heavy atom. The van der Waals surface area contributed by atoms with Crippen LogP contribution in [0.5, 0.6) is 5.75 Å². The Bertz CT molecular complexity index is 1520. The summed E-state index contributed by atoms with van der Waals surface area (Å²) >= 11 is 3.45. The standard InChI is InChI=1S/C31H30BrNO4/c1-4-5-6-7-16-36-24-13-9-21(10-14-24)28-27-29(34)25-18-22(32)11-15-26(25)37-30(27)31(35)33(28)23-12-8-19(2)20(3)17-23/h8-15,17-18,28H,4-7,16H2,1-3H3. The van der Waals surface area contributed by atoms with Gasteiger partial charge in [-0.2, -0.15) is 0 Å². The third-order valence-corrected chi connectivity index (χ3v) is 7.56. The monoisotopic (exact) mass is 559 g/mol. The van der Waals surface area contributed by atoms with Gasteiger partial charge in [-0.25, -0.2) is 0 Å². The van der Waals surface area contributed by atoms with Crippen LogP contribution in [0.25, 0.3) is 11.0 Å². The van der Waals surface area contributed by atoms with E-state index in [-0.39, 0.29) is 17.1 Å². The van der Waals surface area contributed by atoms with Crippen LogP contribution in [0.2, 0.25) is 0 Å². The first kappa shape index (κ1) is 25.3. The minimum absolute atomic E-state index is 0.0966. The fourth-order valence-corrected chi connectivity index (χ4v) is 5.23. The molecule has 0 N–H and O–H groups in total. The Kier molecular flexibility index (Phi) is 7.20. The van der Waals surface area contributed by atoms with Crippen molar-refractivity contribution in [1.29, 1.82) is 0 Å². The maximum Gasteiger partial charge on any atom is 0.295 e. The predicted molar refractivity (Wildman–Crippen MR) is 151 cm³/mol. The van der Waals surface area contributed by atoms with E-state index in [0.717, 1.165) is 45.4 Å². The number of rotatable bonds is 8. The van der Waals surface area contributed by atoms with Crippen LogP contribution in [-0.2, 0) is 0 Å². The molecule has 5 nitrogen and oxygen atoms in total. The minimum Gasteiger partial charge on any atom is -0.494 e.